The molecule has 1 amide bonds. The van der Waals surface area contributed by atoms with E-state index in [0.29, 0.717) is 17.8 Å². The van der Waals surface area contributed by atoms with Crippen LogP contribution in [0.25, 0.3) is 22.2 Å². The van der Waals surface area contributed by atoms with Crippen molar-refractivity contribution in [3.63, 3.8) is 0 Å². The first-order chi connectivity index (χ1) is 12.5. The minimum Gasteiger partial charge on any atom is -0.430 e. The summed E-state index contributed by atoms with van der Waals surface area (Å²) < 4.78 is 12.4. The molecule has 26 heavy (non-hydrogen) atoms. The fourth-order valence-corrected chi connectivity index (χ4v) is 3.36. The molecule has 0 unspecified atom stereocenters. The average molecular weight is 356 g/mol. The Kier molecular flexibility index (Phi) is 4.20. The third-order valence-corrected chi connectivity index (χ3v) is 4.61. The molecule has 4 heterocycles. The number of hydrogen-bond donors (Lipinski definition) is 1. The summed E-state index contributed by atoms with van der Waals surface area (Å²) in [4.78, 5) is 33.5. The first-order valence-corrected chi connectivity index (χ1v) is 8.67. The van der Waals surface area contributed by atoms with E-state index in [9.17, 15) is 9.59 Å². The highest BCUT2D eigenvalue weighted by molar-refractivity contribution is 6.02. The van der Waals surface area contributed by atoms with Crippen LogP contribution in [0.2, 0.25) is 0 Å². The molecule has 3 aromatic rings. The smallest absolute Gasteiger partial charge is 0.297 e. The third kappa shape index (κ3) is 2.96. The van der Waals surface area contributed by atoms with Gasteiger partial charge < -0.3 is 14.5 Å². The normalized spacial score (nSPS) is 17.2. The third-order valence-electron chi connectivity index (χ3n) is 4.61. The Morgan fingerprint density at radius 1 is 1.42 bits per heavy atom. The van der Waals surface area contributed by atoms with Crippen LogP contribution in [0.5, 0.6) is 0 Å². The van der Waals surface area contributed by atoms with E-state index in [1.807, 2.05) is 19.9 Å². The van der Waals surface area contributed by atoms with Crippen LogP contribution in [0.3, 0.4) is 0 Å². The summed E-state index contributed by atoms with van der Waals surface area (Å²) in [6.45, 7) is 4.87. The van der Waals surface area contributed by atoms with Crippen LogP contribution in [0.1, 0.15) is 24.1 Å². The van der Waals surface area contributed by atoms with Gasteiger partial charge in [-0.15, -0.1) is 0 Å². The summed E-state index contributed by atoms with van der Waals surface area (Å²) in [5, 5.41) is 3.53. The monoisotopic (exact) mass is 356 g/mol. The van der Waals surface area contributed by atoms with Crippen molar-refractivity contribution in [2.45, 2.75) is 39.3 Å². The second-order valence-electron chi connectivity index (χ2n) is 6.66. The number of aromatic nitrogens is 3. The van der Waals surface area contributed by atoms with Gasteiger partial charge in [-0.1, -0.05) is 0 Å². The molecule has 0 saturated carbocycles. The average Bonchev–Trinajstić information content (AvgIpc) is 3.23. The predicted octanol–water partition coefficient (Wildman–Crippen LogP) is 1.45. The van der Waals surface area contributed by atoms with Gasteiger partial charge >= 0.3 is 0 Å². The fourth-order valence-electron chi connectivity index (χ4n) is 3.36. The molecule has 3 aromatic heterocycles. The van der Waals surface area contributed by atoms with Crippen molar-refractivity contribution in [1.29, 1.82) is 0 Å². The van der Waals surface area contributed by atoms with Gasteiger partial charge in [-0.2, -0.15) is 0 Å². The predicted molar refractivity (Wildman–Crippen MR) is 95.0 cm³/mol. The van der Waals surface area contributed by atoms with Crippen LogP contribution in [-0.4, -0.2) is 39.7 Å². The maximum atomic E-state index is 12.7. The lowest BCUT2D eigenvalue weighted by molar-refractivity contribution is -0.122. The molecule has 0 bridgehead atoms. The highest BCUT2D eigenvalue weighted by atomic mass is 16.5. The lowest BCUT2D eigenvalue weighted by Crippen LogP contribution is -2.36. The number of nitrogens with zero attached hydrogens (tertiary/aromatic N) is 3. The number of hydrogen-bond acceptors (Lipinski definition) is 6. The van der Waals surface area contributed by atoms with Gasteiger partial charge in [0.05, 0.1) is 17.8 Å². The number of ether oxygens (including phenoxy) is 1. The molecule has 0 spiro atoms. The second kappa shape index (κ2) is 6.53. The van der Waals surface area contributed by atoms with E-state index < -0.39 is 5.56 Å². The number of rotatable bonds is 4. The minimum absolute atomic E-state index is 0.0592. The number of fused-ring (bicyclic) bond motifs is 3. The zero-order chi connectivity index (χ0) is 18.3. The van der Waals surface area contributed by atoms with Crippen LogP contribution in [0, 0.1) is 13.8 Å². The van der Waals surface area contributed by atoms with Crippen LogP contribution in [0.15, 0.2) is 21.6 Å². The molecule has 4 rings (SSSR count). The molecule has 1 aliphatic rings. The molecule has 1 atom stereocenters. The van der Waals surface area contributed by atoms with Crippen LogP contribution < -0.4 is 10.9 Å². The van der Waals surface area contributed by atoms with Gasteiger partial charge in [-0.3, -0.25) is 14.2 Å². The summed E-state index contributed by atoms with van der Waals surface area (Å²) >= 11 is 0. The summed E-state index contributed by atoms with van der Waals surface area (Å²) in [6, 6.07) is 1.92. The minimum atomic E-state index is -0.391. The van der Waals surface area contributed by atoms with Crippen molar-refractivity contribution in [3.8, 4) is 0 Å². The van der Waals surface area contributed by atoms with Crippen molar-refractivity contribution < 1.29 is 13.9 Å². The number of carbonyl (C=O) groups excluding carboxylic acids is 1. The van der Waals surface area contributed by atoms with Gasteiger partial charge in [-0.25, -0.2) is 9.97 Å². The molecule has 1 N–H and O–H groups in total. The summed E-state index contributed by atoms with van der Waals surface area (Å²) in [5.41, 5.74) is 2.36. The lowest BCUT2D eigenvalue weighted by atomic mass is 10.1. The lowest BCUT2D eigenvalue weighted by Gasteiger charge is -2.11. The standard InChI is InChI=1S/C18H20N4O4/c1-10-6-11(2)21-17-14(10)15-16(26-17)18(24)22(9-20-15)8-13(23)19-7-12-4-3-5-25-12/h6,9,12H,3-5,7-8H2,1-2H3,(H,19,23)/t12-/m0/s1. The van der Waals surface area contributed by atoms with E-state index in [0.717, 1.165) is 36.1 Å². The Morgan fingerprint density at radius 3 is 3.04 bits per heavy atom. The molecular formula is C18H20N4O4. The highest BCUT2D eigenvalue weighted by Gasteiger charge is 2.19. The Hall–Kier alpha value is -2.74. The van der Waals surface area contributed by atoms with Crippen LogP contribution in [0.4, 0.5) is 0 Å². The molecule has 0 radical (unpaired) electrons. The van der Waals surface area contributed by atoms with Crippen molar-refractivity contribution in [1.82, 2.24) is 19.9 Å². The van der Waals surface area contributed by atoms with E-state index >= 15 is 0 Å². The van der Waals surface area contributed by atoms with Crippen molar-refractivity contribution >= 4 is 28.1 Å². The molecule has 8 nitrogen and oxygen atoms in total. The molecule has 8 heteroatoms. The van der Waals surface area contributed by atoms with Crippen molar-refractivity contribution in [3.05, 3.63) is 34.0 Å². The zero-order valence-electron chi connectivity index (χ0n) is 14.7. The van der Waals surface area contributed by atoms with Gasteiger partial charge in [0.25, 0.3) is 5.56 Å². The summed E-state index contributed by atoms with van der Waals surface area (Å²) in [7, 11) is 0. The first kappa shape index (κ1) is 16.7. The molecular weight excluding hydrogens is 336 g/mol. The molecule has 1 saturated heterocycles. The van der Waals surface area contributed by atoms with Crippen LogP contribution >= 0.6 is 0 Å². The van der Waals surface area contributed by atoms with E-state index in [4.69, 9.17) is 9.15 Å². The van der Waals surface area contributed by atoms with Crippen LogP contribution in [-0.2, 0) is 16.1 Å². The van der Waals surface area contributed by atoms with E-state index in [1.165, 1.54) is 10.9 Å². The Morgan fingerprint density at radius 2 is 2.27 bits per heavy atom. The molecule has 1 aliphatic heterocycles. The number of furan rings is 1. The van der Waals surface area contributed by atoms with Gasteiger partial charge in [0, 0.05) is 18.8 Å². The van der Waals surface area contributed by atoms with Gasteiger partial charge in [0.15, 0.2) is 0 Å². The van der Waals surface area contributed by atoms with E-state index in [2.05, 4.69) is 15.3 Å². The number of nitrogens with one attached hydrogen (secondary N) is 1. The molecule has 0 aliphatic carbocycles. The van der Waals surface area contributed by atoms with Crippen molar-refractivity contribution in [2.75, 3.05) is 13.2 Å². The largest absolute Gasteiger partial charge is 0.430 e. The summed E-state index contributed by atoms with van der Waals surface area (Å²) in [5.74, 6) is -0.259. The van der Waals surface area contributed by atoms with Gasteiger partial charge in [-0.05, 0) is 38.3 Å². The van der Waals surface area contributed by atoms with E-state index in [-0.39, 0.29) is 24.1 Å². The first-order valence-electron chi connectivity index (χ1n) is 8.67. The highest BCUT2D eigenvalue weighted by Crippen LogP contribution is 2.26. The molecule has 136 valence electrons. The number of carbonyl (C=O) groups is 1. The second-order valence-corrected chi connectivity index (χ2v) is 6.66. The number of pyridine rings is 1. The Bertz CT molecular complexity index is 1050. The SMILES string of the molecule is Cc1cc(C)c2c(n1)oc1c(=O)n(CC(=O)NC[C@@H]3CCCO3)cnc12. The van der Waals surface area contributed by atoms with Crippen molar-refractivity contribution in [2.24, 2.45) is 0 Å². The maximum absolute atomic E-state index is 12.7. The van der Waals surface area contributed by atoms with E-state index in [1.54, 1.807) is 0 Å². The van der Waals surface area contributed by atoms with Gasteiger partial charge in [0.1, 0.15) is 12.1 Å². The quantitative estimate of drug-likeness (QED) is 0.760. The van der Waals surface area contributed by atoms with Gasteiger partial charge in [0.2, 0.25) is 17.2 Å². The topological polar surface area (TPSA) is 99.2 Å². The fraction of sp³-hybridized carbons (Fsp3) is 0.444. The number of aryl methyl sites for hydroxylation is 2. The Labute approximate surface area is 149 Å². The molecule has 0 aromatic carbocycles. The maximum Gasteiger partial charge on any atom is 0.297 e. The summed E-state index contributed by atoms with van der Waals surface area (Å²) in [6.07, 6.45) is 3.40. The Balaban J connectivity index is 1.61. The number of amides is 1. The molecule has 1 fully saturated rings. The zero-order valence-corrected chi connectivity index (χ0v) is 14.7.